The summed E-state index contributed by atoms with van der Waals surface area (Å²) in [6.45, 7) is 0. The van der Waals surface area contributed by atoms with E-state index in [1.54, 1.807) is 0 Å². The van der Waals surface area contributed by atoms with Gasteiger partial charge in [0.05, 0.1) is 29.8 Å². The van der Waals surface area contributed by atoms with Crippen LogP contribution in [0.1, 0.15) is 30.0 Å². The highest BCUT2D eigenvalue weighted by molar-refractivity contribution is 7.89. The van der Waals surface area contributed by atoms with Crippen molar-refractivity contribution in [3.8, 4) is 5.75 Å². The van der Waals surface area contributed by atoms with Gasteiger partial charge in [0.2, 0.25) is 10.0 Å². The van der Waals surface area contributed by atoms with Gasteiger partial charge >= 0.3 is 6.03 Å². The fourth-order valence-corrected chi connectivity index (χ4v) is 4.82. The van der Waals surface area contributed by atoms with Crippen LogP contribution < -0.4 is 20.1 Å². The van der Waals surface area contributed by atoms with Crippen molar-refractivity contribution < 1.29 is 23.1 Å². The van der Waals surface area contributed by atoms with Gasteiger partial charge in [0.25, 0.3) is 0 Å². The number of aliphatic hydroxyl groups excluding tert-OH is 1. The first kappa shape index (κ1) is 19.7. The minimum absolute atomic E-state index is 0.0225. The summed E-state index contributed by atoms with van der Waals surface area (Å²) in [7, 11) is -2.23. The van der Waals surface area contributed by atoms with E-state index in [-0.39, 0.29) is 16.6 Å². The third kappa shape index (κ3) is 4.21. The molecule has 0 unspecified atom stereocenters. The highest BCUT2D eigenvalue weighted by Gasteiger charge is 2.32. The molecule has 1 saturated carbocycles. The molecule has 154 valence electrons. The predicted molar refractivity (Wildman–Crippen MR) is 107 cm³/mol. The Bertz CT molecular complexity index is 1040. The number of carbonyl (C=O) groups excluding carboxylic acids is 1. The molecule has 2 aliphatic rings. The van der Waals surface area contributed by atoms with Crippen LogP contribution in [-0.2, 0) is 16.4 Å². The van der Waals surface area contributed by atoms with Gasteiger partial charge in [-0.2, -0.15) is 0 Å². The Morgan fingerprint density at radius 3 is 2.66 bits per heavy atom. The molecule has 2 aliphatic carbocycles. The molecule has 4 N–H and O–H groups in total. The zero-order chi connectivity index (χ0) is 20.6. The molecule has 0 spiro atoms. The third-order valence-electron chi connectivity index (χ3n) is 5.12. The number of benzene rings is 2. The summed E-state index contributed by atoms with van der Waals surface area (Å²) in [4.78, 5) is 12.6. The van der Waals surface area contributed by atoms with Crippen LogP contribution in [0.3, 0.4) is 0 Å². The Morgan fingerprint density at radius 2 is 1.93 bits per heavy atom. The molecule has 1 fully saturated rings. The largest absolute Gasteiger partial charge is 0.495 e. The minimum Gasteiger partial charge on any atom is -0.495 e. The second kappa shape index (κ2) is 7.66. The number of sulfonamides is 1. The highest BCUT2D eigenvalue weighted by atomic mass is 32.2. The monoisotopic (exact) mass is 417 g/mol. The van der Waals surface area contributed by atoms with Crippen molar-refractivity contribution in [2.45, 2.75) is 42.3 Å². The van der Waals surface area contributed by atoms with Gasteiger partial charge in [-0.15, -0.1) is 0 Å². The quantitative estimate of drug-likeness (QED) is 0.573. The Kier molecular flexibility index (Phi) is 5.20. The molecule has 9 heteroatoms. The molecule has 4 rings (SSSR count). The second-order valence-electron chi connectivity index (χ2n) is 7.30. The van der Waals surface area contributed by atoms with Crippen LogP contribution in [0.2, 0.25) is 0 Å². The fraction of sp³-hybridized carbons (Fsp3) is 0.350. The summed E-state index contributed by atoms with van der Waals surface area (Å²) in [5.74, 6) is 0.331. The lowest BCUT2D eigenvalue weighted by Crippen LogP contribution is -2.37. The van der Waals surface area contributed by atoms with Crippen molar-refractivity contribution in [3.05, 3.63) is 53.6 Å². The van der Waals surface area contributed by atoms with Crippen LogP contribution in [0.25, 0.3) is 0 Å². The van der Waals surface area contributed by atoms with E-state index < -0.39 is 28.2 Å². The lowest BCUT2D eigenvalue weighted by molar-refractivity contribution is 0.144. The smallest absolute Gasteiger partial charge is 0.319 e. The van der Waals surface area contributed by atoms with Crippen molar-refractivity contribution in [1.29, 1.82) is 0 Å². The van der Waals surface area contributed by atoms with E-state index in [1.165, 1.54) is 25.3 Å². The molecule has 2 aromatic carbocycles. The van der Waals surface area contributed by atoms with Crippen LogP contribution in [0.4, 0.5) is 10.5 Å². The number of urea groups is 1. The number of methoxy groups -OCH3 is 1. The standard InChI is InChI=1S/C20H23N3O5S/c1-28-18-9-8-14(29(26,27)23-13-6-7-13)11-16(18)21-20(25)22-19-15-5-3-2-4-12(15)10-17(19)24/h2-5,8-9,11,13,17,19,23-24H,6-7,10H2,1H3,(H2,21,22,25)/t17-,19+/m0/s1. The average molecular weight is 417 g/mol. The molecular formula is C20H23N3O5S. The van der Waals surface area contributed by atoms with Crippen molar-refractivity contribution in [2.75, 3.05) is 12.4 Å². The first-order valence-electron chi connectivity index (χ1n) is 9.41. The number of fused-ring (bicyclic) bond motifs is 1. The fourth-order valence-electron chi connectivity index (χ4n) is 3.49. The Hall–Kier alpha value is -2.62. The van der Waals surface area contributed by atoms with Gasteiger partial charge in [0.15, 0.2) is 0 Å². The Morgan fingerprint density at radius 1 is 1.17 bits per heavy atom. The molecule has 29 heavy (non-hydrogen) atoms. The third-order valence-corrected chi connectivity index (χ3v) is 6.64. The van der Waals surface area contributed by atoms with Gasteiger partial charge in [0.1, 0.15) is 5.75 Å². The van der Waals surface area contributed by atoms with Crippen molar-refractivity contribution in [2.24, 2.45) is 0 Å². The molecule has 0 bridgehead atoms. The number of anilines is 1. The molecule has 0 saturated heterocycles. The number of aliphatic hydroxyl groups is 1. The van der Waals surface area contributed by atoms with E-state index in [4.69, 9.17) is 4.74 Å². The maximum atomic E-state index is 12.6. The lowest BCUT2D eigenvalue weighted by atomic mass is 10.1. The minimum atomic E-state index is -3.67. The van der Waals surface area contributed by atoms with Crippen molar-refractivity contribution >= 4 is 21.7 Å². The summed E-state index contributed by atoms with van der Waals surface area (Å²) in [6, 6.07) is 10.7. The molecule has 2 aromatic rings. The van der Waals surface area contributed by atoms with E-state index in [0.29, 0.717) is 12.2 Å². The van der Waals surface area contributed by atoms with E-state index in [9.17, 15) is 18.3 Å². The highest BCUT2D eigenvalue weighted by Crippen LogP contribution is 2.32. The average Bonchev–Trinajstić information content (AvgIpc) is 3.44. The molecular weight excluding hydrogens is 394 g/mol. The van der Waals surface area contributed by atoms with Gasteiger partial charge < -0.3 is 20.5 Å². The molecule has 8 nitrogen and oxygen atoms in total. The number of hydrogen-bond acceptors (Lipinski definition) is 5. The Labute approximate surface area is 169 Å². The van der Waals surface area contributed by atoms with E-state index in [2.05, 4.69) is 15.4 Å². The molecule has 0 radical (unpaired) electrons. The van der Waals surface area contributed by atoms with E-state index >= 15 is 0 Å². The van der Waals surface area contributed by atoms with Crippen molar-refractivity contribution in [1.82, 2.24) is 10.0 Å². The maximum absolute atomic E-state index is 12.6. The summed E-state index contributed by atoms with van der Waals surface area (Å²) < 4.78 is 32.8. The first-order chi connectivity index (χ1) is 13.9. The van der Waals surface area contributed by atoms with Gasteiger partial charge in [0, 0.05) is 12.5 Å². The van der Waals surface area contributed by atoms with E-state index in [1.807, 2.05) is 24.3 Å². The number of nitrogens with one attached hydrogen (secondary N) is 3. The zero-order valence-electron chi connectivity index (χ0n) is 15.9. The predicted octanol–water partition coefficient (Wildman–Crippen LogP) is 1.92. The SMILES string of the molecule is COc1ccc(S(=O)(=O)NC2CC2)cc1NC(=O)N[C@@H]1c2ccccc2C[C@@H]1O. The van der Waals surface area contributed by atoms with Gasteiger partial charge in [-0.3, -0.25) is 0 Å². The molecule has 2 amide bonds. The Balaban J connectivity index is 1.52. The first-order valence-corrected chi connectivity index (χ1v) is 10.9. The van der Waals surface area contributed by atoms with Crippen LogP contribution in [0.5, 0.6) is 5.75 Å². The normalized spacial score (nSPS) is 20.8. The molecule has 0 aromatic heterocycles. The van der Waals surface area contributed by atoms with Gasteiger partial charge in [-0.1, -0.05) is 24.3 Å². The van der Waals surface area contributed by atoms with Gasteiger partial charge in [-0.05, 0) is 42.2 Å². The molecule has 0 heterocycles. The summed E-state index contributed by atoms with van der Waals surface area (Å²) in [6.07, 6.45) is 1.39. The second-order valence-corrected chi connectivity index (χ2v) is 9.02. The number of ether oxygens (including phenoxy) is 1. The van der Waals surface area contributed by atoms with E-state index in [0.717, 1.165) is 24.0 Å². The van der Waals surface area contributed by atoms with Crippen LogP contribution >= 0.6 is 0 Å². The number of carbonyl (C=O) groups is 1. The topological polar surface area (TPSA) is 117 Å². The van der Waals surface area contributed by atoms with Gasteiger partial charge in [-0.25, -0.2) is 17.9 Å². The summed E-state index contributed by atoms with van der Waals surface area (Å²) >= 11 is 0. The van der Waals surface area contributed by atoms with Crippen LogP contribution in [0, 0.1) is 0 Å². The number of hydrogen-bond donors (Lipinski definition) is 4. The number of rotatable bonds is 6. The summed E-state index contributed by atoms with van der Waals surface area (Å²) in [5, 5.41) is 15.7. The van der Waals surface area contributed by atoms with Crippen LogP contribution in [0.15, 0.2) is 47.4 Å². The molecule has 2 atom stereocenters. The number of amides is 2. The lowest BCUT2D eigenvalue weighted by Gasteiger charge is -2.19. The summed E-state index contributed by atoms with van der Waals surface area (Å²) in [5.41, 5.74) is 2.08. The van der Waals surface area contributed by atoms with Crippen molar-refractivity contribution in [3.63, 3.8) is 0 Å². The molecule has 0 aliphatic heterocycles. The maximum Gasteiger partial charge on any atom is 0.319 e. The zero-order valence-corrected chi connectivity index (χ0v) is 16.7. The van der Waals surface area contributed by atoms with Crippen LogP contribution in [-0.4, -0.2) is 38.8 Å².